The van der Waals surface area contributed by atoms with E-state index in [4.69, 9.17) is 9.47 Å². The van der Waals surface area contributed by atoms with Gasteiger partial charge in [0, 0.05) is 58.8 Å². The maximum atomic E-state index is 13.9. The SMILES string of the molecule is CO[C@H]1CN(C)C(=O)c2cc(NS(=O)(=O)c3cn(C)cn3)ccc2OC[C@H](C)N(Cc2cccc(F)c2)C[C@H]1C. The minimum absolute atomic E-state index is 0.0340. The smallest absolute Gasteiger partial charge is 0.280 e. The molecule has 216 valence electrons. The van der Waals surface area contributed by atoms with E-state index in [-0.39, 0.29) is 52.7 Å². The maximum Gasteiger partial charge on any atom is 0.280 e. The third-order valence-corrected chi connectivity index (χ3v) is 8.32. The first-order valence-electron chi connectivity index (χ1n) is 13.0. The summed E-state index contributed by atoms with van der Waals surface area (Å²) in [5.74, 6) is -0.250. The fourth-order valence-corrected chi connectivity index (χ4v) is 5.77. The van der Waals surface area contributed by atoms with E-state index in [2.05, 4.69) is 21.5 Å². The van der Waals surface area contributed by atoms with Crippen molar-refractivity contribution in [2.75, 3.05) is 38.6 Å². The number of sulfonamides is 1. The zero-order valence-electron chi connectivity index (χ0n) is 23.4. The molecule has 4 rings (SSSR count). The van der Waals surface area contributed by atoms with Crippen LogP contribution < -0.4 is 9.46 Å². The number of nitrogens with one attached hydrogen (secondary N) is 1. The lowest BCUT2D eigenvalue weighted by atomic mass is 10.0. The molecule has 3 atom stereocenters. The van der Waals surface area contributed by atoms with Gasteiger partial charge in [-0.2, -0.15) is 8.42 Å². The van der Waals surface area contributed by atoms with Crippen LogP contribution in [0.15, 0.2) is 60.0 Å². The van der Waals surface area contributed by atoms with Gasteiger partial charge in [0.15, 0.2) is 5.03 Å². The molecule has 0 aliphatic carbocycles. The first-order chi connectivity index (χ1) is 19.0. The minimum Gasteiger partial charge on any atom is -0.491 e. The number of fused-ring (bicyclic) bond motifs is 1. The molecule has 0 saturated carbocycles. The quantitative estimate of drug-likeness (QED) is 0.482. The number of hydrogen-bond donors (Lipinski definition) is 1. The normalized spacial score (nSPS) is 21.2. The van der Waals surface area contributed by atoms with Crippen LogP contribution in [0.1, 0.15) is 29.8 Å². The van der Waals surface area contributed by atoms with Crippen molar-refractivity contribution in [3.8, 4) is 5.75 Å². The summed E-state index contributed by atoms with van der Waals surface area (Å²) in [7, 11) is 1.01. The Kier molecular flexibility index (Phi) is 9.12. The molecule has 0 bridgehead atoms. The van der Waals surface area contributed by atoms with Crippen LogP contribution in [-0.4, -0.2) is 79.7 Å². The number of ether oxygens (including phenoxy) is 2. The molecule has 0 radical (unpaired) electrons. The molecule has 0 unspecified atom stereocenters. The van der Waals surface area contributed by atoms with E-state index < -0.39 is 10.0 Å². The van der Waals surface area contributed by atoms with Crippen molar-refractivity contribution in [3.63, 3.8) is 0 Å². The standard InChI is InChI=1S/C28H36FN5O5S/c1-19-13-34(14-21-7-6-8-22(29)11-21)20(2)17-39-25-10-9-23(31-40(36,37)27-16-32(3)18-30-27)12-24(25)28(35)33(4)15-26(19)38-5/h6-12,16,18-20,26,31H,13-15,17H2,1-5H3/t19-,20+,26+/m1/s1. The summed E-state index contributed by atoms with van der Waals surface area (Å²) in [6.45, 7) is 5.79. The van der Waals surface area contributed by atoms with Crippen molar-refractivity contribution in [1.29, 1.82) is 0 Å². The first kappa shape index (κ1) is 29.5. The Hall–Kier alpha value is -3.48. The largest absolute Gasteiger partial charge is 0.491 e. The number of aromatic nitrogens is 2. The predicted octanol–water partition coefficient (Wildman–Crippen LogP) is 3.37. The Labute approximate surface area is 234 Å². The van der Waals surface area contributed by atoms with Gasteiger partial charge in [0.05, 0.1) is 18.0 Å². The van der Waals surface area contributed by atoms with Gasteiger partial charge >= 0.3 is 0 Å². The number of aryl methyl sites for hydroxylation is 1. The Bertz CT molecular complexity index is 1450. The highest BCUT2D eigenvalue weighted by Crippen LogP contribution is 2.28. The van der Waals surface area contributed by atoms with Gasteiger partial charge in [-0.3, -0.25) is 14.4 Å². The number of halogens is 1. The second kappa shape index (κ2) is 12.4. The zero-order valence-corrected chi connectivity index (χ0v) is 24.2. The van der Waals surface area contributed by atoms with Crippen molar-refractivity contribution in [2.45, 2.75) is 37.6 Å². The van der Waals surface area contributed by atoms with Gasteiger partial charge in [-0.1, -0.05) is 19.1 Å². The van der Waals surface area contributed by atoms with Crippen LogP contribution in [-0.2, 0) is 28.4 Å². The summed E-state index contributed by atoms with van der Waals surface area (Å²) in [5.41, 5.74) is 1.27. The third-order valence-electron chi connectivity index (χ3n) is 7.06. The highest BCUT2D eigenvalue weighted by atomic mass is 32.2. The monoisotopic (exact) mass is 573 g/mol. The summed E-state index contributed by atoms with van der Waals surface area (Å²) in [5, 5.41) is -0.133. The summed E-state index contributed by atoms with van der Waals surface area (Å²) in [6.07, 6.45) is 2.51. The topological polar surface area (TPSA) is 106 Å². The molecular formula is C28H36FN5O5S. The van der Waals surface area contributed by atoms with Gasteiger partial charge < -0.3 is 18.9 Å². The van der Waals surface area contributed by atoms with Crippen molar-refractivity contribution >= 4 is 21.6 Å². The number of nitrogens with zero attached hydrogens (tertiary/aromatic N) is 4. The van der Waals surface area contributed by atoms with Crippen LogP contribution in [0.2, 0.25) is 0 Å². The summed E-state index contributed by atoms with van der Waals surface area (Å²) < 4.78 is 55.6. The van der Waals surface area contributed by atoms with Crippen LogP contribution in [0.4, 0.5) is 10.1 Å². The molecule has 12 heteroatoms. The molecule has 1 aliphatic rings. The second-order valence-electron chi connectivity index (χ2n) is 10.4. The number of methoxy groups -OCH3 is 1. The van der Waals surface area contributed by atoms with Crippen molar-refractivity contribution in [2.24, 2.45) is 13.0 Å². The number of amides is 1. The summed E-state index contributed by atoms with van der Waals surface area (Å²) in [6, 6.07) is 11.0. The van der Waals surface area contributed by atoms with Gasteiger partial charge in [-0.05, 0) is 48.7 Å². The van der Waals surface area contributed by atoms with E-state index in [1.165, 1.54) is 35.3 Å². The molecular weight excluding hydrogens is 537 g/mol. The van der Waals surface area contributed by atoms with Gasteiger partial charge in [-0.25, -0.2) is 9.37 Å². The number of hydrogen-bond acceptors (Lipinski definition) is 7. The summed E-state index contributed by atoms with van der Waals surface area (Å²) >= 11 is 0. The van der Waals surface area contributed by atoms with Crippen LogP contribution in [0, 0.1) is 11.7 Å². The fraction of sp³-hybridized carbons (Fsp3) is 0.429. The molecule has 0 saturated heterocycles. The number of carbonyl (C=O) groups excluding carboxylic acids is 1. The number of benzene rings is 2. The Morgan fingerprint density at radius 2 is 1.93 bits per heavy atom. The number of carbonyl (C=O) groups is 1. The van der Waals surface area contributed by atoms with E-state index in [1.807, 2.05) is 13.0 Å². The lowest BCUT2D eigenvalue weighted by Crippen LogP contribution is -2.46. The highest BCUT2D eigenvalue weighted by Gasteiger charge is 2.29. The molecule has 0 spiro atoms. The van der Waals surface area contributed by atoms with Gasteiger partial charge in [0.25, 0.3) is 15.9 Å². The Morgan fingerprint density at radius 3 is 2.60 bits per heavy atom. The molecule has 3 aromatic rings. The molecule has 0 fully saturated rings. The average Bonchev–Trinajstić information content (AvgIpc) is 3.36. The number of imidazole rings is 1. The number of rotatable bonds is 6. The molecule has 10 nitrogen and oxygen atoms in total. The van der Waals surface area contributed by atoms with Crippen molar-refractivity contribution in [3.05, 3.63) is 71.9 Å². The van der Waals surface area contributed by atoms with Gasteiger partial charge in [-0.15, -0.1) is 0 Å². The van der Waals surface area contributed by atoms with E-state index >= 15 is 0 Å². The van der Waals surface area contributed by atoms with Crippen LogP contribution in [0.3, 0.4) is 0 Å². The van der Waals surface area contributed by atoms with Crippen LogP contribution in [0.5, 0.6) is 5.75 Å². The van der Waals surface area contributed by atoms with Crippen LogP contribution in [0.25, 0.3) is 0 Å². The predicted molar refractivity (Wildman–Crippen MR) is 149 cm³/mol. The lowest BCUT2D eigenvalue weighted by molar-refractivity contribution is 0.00920. The molecule has 40 heavy (non-hydrogen) atoms. The lowest BCUT2D eigenvalue weighted by Gasteiger charge is -2.36. The van der Waals surface area contributed by atoms with E-state index in [9.17, 15) is 17.6 Å². The maximum absolute atomic E-state index is 13.9. The fourth-order valence-electron chi connectivity index (χ4n) is 4.74. The van der Waals surface area contributed by atoms with E-state index in [0.717, 1.165) is 5.56 Å². The van der Waals surface area contributed by atoms with Gasteiger partial charge in [0.2, 0.25) is 0 Å². The molecule has 1 aromatic heterocycles. The number of likely N-dealkylation sites (N-methyl/N-ethyl adjacent to an activating group) is 1. The van der Waals surface area contributed by atoms with Crippen molar-refractivity contribution < 1.29 is 27.1 Å². The van der Waals surface area contributed by atoms with Gasteiger partial charge in [0.1, 0.15) is 18.2 Å². The van der Waals surface area contributed by atoms with Crippen molar-refractivity contribution in [1.82, 2.24) is 19.4 Å². The zero-order chi connectivity index (χ0) is 29.0. The van der Waals surface area contributed by atoms with E-state index in [1.54, 1.807) is 44.3 Å². The van der Waals surface area contributed by atoms with E-state index in [0.29, 0.717) is 25.4 Å². The molecule has 1 aliphatic heterocycles. The second-order valence-corrected chi connectivity index (χ2v) is 12.0. The number of anilines is 1. The highest BCUT2D eigenvalue weighted by molar-refractivity contribution is 7.92. The Balaban J connectivity index is 1.65. The first-order valence-corrected chi connectivity index (χ1v) is 14.5. The molecule has 2 heterocycles. The third kappa shape index (κ3) is 6.98. The Morgan fingerprint density at radius 1 is 1.15 bits per heavy atom. The summed E-state index contributed by atoms with van der Waals surface area (Å²) in [4.78, 5) is 21.3. The average molecular weight is 574 g/mol. The van der Waals surface area contributed by atoms with Crippen LogP contribution >= 0.6 is 0 Å². The minimum atomic E-state index is -3.96. The molecule has 1 N–H and O–H groups in total. The molecule has 2 aromatic carbocycles. The molecule has 1 amide bonds.